The Morgan fingerprint density at radius 2 is 2.37 bits per heavy atom. The van der Waals surface area contributed by atoms with E-state index in [1.54, 1.807) is 7.11 Å². The van der Waals surface area contributed by atoms with Crippen LogP contribution in [0.5, 0.6) is 5.75 Å². The number of rotatable bonds is 5. The largest absolute Gasteiger partial charge is 0.496 e. The van der Waals surface area contributed by atoms with Crippen molar-refractivity contribution in [3.05, 3.63) is 29.3 Å². The van der Waals surface area contributed by atoms with Crippen molar-refractivity contribution in [2.24, 2.45) is 0 Å². The third kappa shape index (κ3) is 3.70. The van der Waals surface area contributed by atoms with Gasteiger partial charge < -0.3 is 15.4 Å². The molecule has 1 heterocycles. The van der Waals surface area contributed by atoms with Crippen molar-refractivity contribution in [2.75, 3.05) is 20.2 Å². The van der Waals surface area contributed by atoms with Gasteiger partial charge in [-0.2, -0.15) is 0 Å². The number of aryl methyl sites for hydroxylation is 1. The summed E-state index contributed by atoms with van der Waals surface area (Å²) in [6.45, 7) is 3.67. The van der Waals surface area contributed by atoms with Crippen molar-refractivity contribution in [3.63, 3.8) is 0 Å². The number of amides is 1. The molecule has 1 unspecified atom stereocenters. The molecule has 19 heavy (non-hydrogen) atoms. The lowest BCUT2D eigenvalue weighted by Crippen LogP contribution is -2.41. The Hall–Kier alpha value is -1.55. The third-order valence-corrected chi connectivity index (χ3v) is 3.55. The van der Waals surface area contributed by atoms with Gasteiger partial charge in [-0.3, -0.25) is 4.79 Å². The van der Waals surface area contributed by atoms with E-state index in [1.165, 1.54) is 5.56 Å². The molecule has 1 atom stereocenters. The lowest BCUT2D eigenvalue weighted by molar-refractivity contribution is -0.122. The van der Waals surface area contributed by atoms with Crippen molar-refractivity contribution in [1.29, 1.82) is 0 Å². The van der Waals surface area contributed by atoms with Gasteiger partial charge in [0.05, 0.1) is 13.2 Å². The SMILES string of the molecule is COc1ccc(CCNC(=O)C2CCCN2)cc1C. The van der Waals surface area contributed by atoms with Crippen LogP contribution < -0.4 is 15.4 Å². The Labute approximate surface area is 114 Å². The van der Waals surface area contributed by atoms with Gasteiger partial charge in [-0.1, -0.05) is 12.1 Å². The molecular formula is C15H22N2O2. The Morgan fingerprint density at radius 1 is 1.53 bits per heavy atom. The fourth-order valence-electron chi connectivity index (χ4n) is 2.46. The smallest absolute Gasteiger partial charge is 0.237 e. The maximum absolute atomic E-state index is 11.8. The van der Waals surface area contributed by atoms with Crippen LogP contribution in [0.3, 0.4) is 0 Å². The van der Waals surface area contributed by atoms with Crippen LogP contribution in [0.2, 0.25) is 0 Å². The number of ether oxygens (including phenoxy) is 1. The van der Waals surface area contributed by atoms with Gasteiger partial charge in [-0.15, -0.1) is 0 Å². The van der Waals surface area contributed by atoms with E-state index in [0.717, 1.165) is 37.1 Å². The summed E-state index contributed by atoms with van der Waals surface area (Å²) in [6.07, 6.45) is 2.90. The van der Waals surface area contributed by atoms with Crippen molar-refractivity contribution in [3.8, 4) is 5.75 Å². The number of carbonyl (C=O) groups is 1. The molecule has 104 valence electrons. The lowest BCUT2D eigenvalue weighted by Gasteiger charge is -2.11. The molecular weight excluding hydrogens is 240 g/mol. The van der Waals surface area contributed by atoms with Gasteiger partial charge in [0, 0.05) is 6.54 Å². The molecule has 1 aromatic carbocycles. The molecule has 4 nitrogen and oxygen atoms in total. The second kappa shape index (κ2) is 6.57. The van der Waals surface area contributed by atoms with Crippen LogP contribution in [0.15, 0.2) is 18.2 Å². The van der Waals surface area contributed by atoms with E-state index < -0.39 is 0 Å². The van der Waals surface area contributed by atoms with Crippen molar-refractivity contribution < 1.29 is 9.53 Å². The van der Waals surface area contributed by atoms with Gasteiger partial charge >= 0.3 is 0 Å². The van der Waals surface area contributed by atoms with Crippen LogP contribution in [-0.4, -0.2) is 32.1 Å². The number of methoxy groups -OCH3 is 1. The topological polar surface area (TPSA) is 50.4 Å². The number of benzene rings is 1. The zero-order valence-corrected chi connectivity index (χ0v) is 11.7. The fraction of sp³-hybridized carbons (Fsp3) is 0.533. The Morgan fingerprint density at radius 3 is 3.00 bits per heavy atom. The van der Waals surface area contributed by atoms with E-state index in [9.17, 15) is 4.79 Å². The highest BCUT2D eigenvalue weighted by molar-refractivity contribution is 5.81. The van der Waals surface area contributed by atoms with Crippen LogP contribution >= 0.6 is 0 Å². The van der Waals surface area contributed by atoms with E-state index in [1.807, 2.05) is 19.1 Å². The molecule has 4 heteroatoms. The molecule has 2 rings (SSSR count). The number of carbonyl (C=O) groups excluding carboxylic acids is 1. The van der Waals surface area contributed by atoms with E-state index in [4.69, 9.17) is 4.74 Å². The Bertz CT molecular complexity index is 440. The summed E-state index contributed by atoms with van der Waals surface area (Å²) in [4.78, 5) is 11.8. The first-order valence-electron chi connectivity index (χ1n) is 6.85. The molecule has 0 bridgehead atoms. The number of hydrogen-bond acceptors (Lipinski definition) is 3. The molecule has 0 aromatic heterocycles. The van der Waals surface area contributed by atoms with Gasteiger partial charge in [0.1, 0.15) is 5.75 Å². The Balaban J connectivity index is 1.79. The molecule has 1 saturated heterocycles. The predicted octanol–water partition coefficient (Wildman–Crippen LogP) is 1.41. The highest BCUT2D eigenvalue weighted by Crippen LogP contribution is 2.18. The zero-order valence-electron chi connectivity index (χ0n) is 11.7. The second-order valence-electron chi connectivity index (χ2n) is 4.99. The van der Waals surface area contributed by atoms with Gasteiger partial charge in [0.2, 0.25) is 5.91 Å². The standard InChI is InChI=1S/C15H22N2O2/c1-11-10-12(5-6-14(11)19-2)7-9-17-15(18)13-4-3-8-16-13/h5-6,10,13,16H,3-4,7-9H2,1-2H3,(H,17,18). The lowest BCUT2D eigenvalue weighted by atomic mass is 10.1. The number of hydrogen-bond donors (Lipinski definition) is 2. The van der Waals surface area contributed by atoms with Crippen molar-refractivity contribution in [2.45, 2.75) is 32.2 Å². The Kier molecular flexibility index (Phi) is 4.80. The highest BCUT2D eigenvalue weighted by Gasteiger charge is 2.21. The molecule has 0 saturated carbocycles. The summed E-state index contributed by atoms with van der Waals surface area (Å²) in [5.41, 5.74) is 2.35. The first-order valence-corrected chi connectivity index (χ1v) is 6.85. The van der Waals surface area contributed by atoms with E-state index >= 15 is 0 Å². The second-order valence-corrected chi connectivity index (χ2v) is 4.99. The average molecular weight is 262 g/mol. The van der Waals surface area contributed by atoms with Gasteiger partial charge in [0.15, 0.2) is 0 Å². The van der Waals surface area contributed by atoms with E-state index in [0.29, 0.717) is 6.54 Å². The minimum absolute atomic E-state index is 0.0117. The summed E-state index contributed by atoms with van der Waals surface area (Å²) in [5, 5.41) is 6.19. The minimum Gasteiger partial charge on any atom is -0.496 e. The first-order chi connectivity index (χ1) is 9.20. The van der Waals surface area contributed by atoms with Gasteiger partial charge in [0.25, 0.3) is 0 Å². The van der Waals surface area contributed by atoms with Crippen LogP contribution in [0.4, 0.5) is 0 Å². The summed E-state index contributed by atoms with van der Waals surface area (Å²) in [6, 6.07) is 6.15. The molecule has 1 aromatic rings. The number of nitrogens with one attached hydrogen (secondary N) is 2. The molecule has 0 spiro atoms. The van der Waals surface area contributed by atoms with Crippen LogP contribution in [0.25, 0.3) is 0 Å². The maximum atomic E-state index is 11.8. The quantitative estimate of drug-likeness (QED) is 0.843. The van der Waals surface area contributed by atoms with Crippen LogP contribution in [0.1, 0.15) is 24.0 Å². The summed E-state index contributed by atoms with van der Waals surface area (Å²) >= 11 is 0. The maximum Gasteiger partial charge on any atom is 0.237 e. The van der Waals surface area contributed by atoms with Crippen LogP contribution in [-0.2, 0) is 11.2 Å². The summed E-state index contributed by atoms with van der Waals surface area (Å²) < 4.78 is 5.23. The first kappa shape index (κ1) is 13.9. The molecule has 2 N–H and O–H groups in total. The van der Waals surface area contributed by atoms with Gasteiger partial charge in [-0.05, 0) is 49.9 Å². The molecule has 1 aliphatic heterocycles. The monoisotopic (exact) mass is 262 g/mol. The summed E-state index contributed by atoms with van der Waals surface area (Å²) in [5.74, 6) is 1.03. The molecule has 1 fully saturated rings. The minimum atomic E-state index is 0.0117. The third-order valence-electron chi connectivity index (χ3n) is 3.55. The zero-order chi connectivity index (χ0) is 13.7. The van der Waals surface area contributed by atoms with Crippen LogP contribution in [0, 0.1) is 6.92 Å². The average Bonchev–Trinajstić information content (AvgIpc) is 2.93. The van der Waals surface area contributed by atoms with Gasteiger partial charge in [-0.25, -0.2) is 0 Å². The van der Waals surface area contributed by atoms with Crippen molar-refractivity contribution in [1.82, 2.24) is 10.6 Å². The normalized spacial score (nSPS) is 18.3. The summed E-state index contributed by atoms with van der Waals surface area (Å²) in [7, 11) is 1.68. The van der Waals surface area contributed by atoms with E-state index in [-0.39, 0.29) is 11.9 Å². The van der Waals surface area contributed by atoms with Crippen molar-refractivity contribution >= 4 is 5.91 Å². The molecule has 0 aliphatic carbocycles. The highest BCUT2D eigenvalue weighted by atomic mass is 16.5. The van der Waals surface area contributed by atoms with E-state index in [2.05, 4.69) is 16.7 Å². The fourth-order valence-corrected chi connectivity index (χ4v) is 2.46. The molecule has 1 aliphatic rings. The predicted molar refractivity (Wildman–Crippen MR) is 75.5 cm³/mol. The molecule has 1 amide bonds. The molecule has 0 radical (unpaired) electrons.